The smallest absolute Gasteiger partial charge is 0.305 e. The number of nitrogens with zero attached hydrogens (tertiary/aromatic N) is 1. The molecule has 0 aliphatic carbocycles. The second-order valence-corrected chi connectivity index (χ2v) is 5.01. The number of aliphatic carboxylic acids is 1. The number of carboxylic acid groups (broad SMARTS) is 1. The fraction of sp³-hybridized carbons (Fsp3) is 0.833. The molecule has 0 spiro atoms. The molecule has 0 radical (unpaired) electrons. The summed E-state index contributed by atoms with van der Waals surface area (Å²) in [7, 11) is 0. The van der Waals surface area contributed by atoms with Crippen molar-refractivity contribution in [3.8, 4) is 0 Å². The van der Waals surface area contributed by atoms with E-state index in [1.807, 2.05) is 13.8 Å². The van der Waals surface area contributed by atoms with E-state index in [9.17, 15) is 9.59 Å². The third kappa shape index (κ3) is 3.70. The Balaban J connectivity index is 2.63. The van der Waals surface area contributed by atoms with Crippen LogP contribution in [0.3, 0.4) is 0 Å². The van der Waals surface area contributed by atoms with Crippen LogP contribution < -0.4 is 5.32 Å². The van der Waals surface area contributed by atoms with E-state index < -0.39 is 5.97 Å². The van der Waals surface area contributed by atoms with E-state index >= 15 is 0 Å². The minimum atomic E-state index is -0.860. The third-order valence-corrected chi connectivity index (χ3v) is 3.31. The van der Waals surface area contributed by atoms with Crippen molar-refractivity contribution in [2.45, 2.75) is 33.2 Å². The Morgan fingerprint density at radius 2 is 2.06 bits per heavy atom. The fourth-order valence-corrected chi connectivity index (χ4v) is 2.19. The molecule has 2 unspecified atom stereocenters. The lowest BCUT2D eigenvalue weighted by Crippen LogP contribution is -2.43. The number of carbonyl (C=O) groups is 2. The van der Waals surface area contributed by atoms with E-state index in [1.165, 1.54) is 0 Å². The summed E-state index contributed by atoms with van der Waals surface area (Å²) >= 11 is 0. The molecule has 1 aliphatic heterocycles. The average molecular weight is 242 g/mol. The summed E-state index contributed by atoms with van der Waals surface area (Å²) in [6.07, 6.45) is 0.0124. The number of carboxylic acids is 1. The van der Waals surface area contributed by atoms with Crippen LogP contribution in [0.15, 0.2) is 0 Å². The van der Waals surface area contributed by atoms with Crippen LogP contribution in [0.2, 0.25) is 0 Å². The molecule has 5 nitrogen and oxygen atoms in total. The van der Waals surface area contributed by atoms with Gasteiger partial charge >= 0.3 is 5.97 Å². The van der Waals surface area contributed by atoms with Crippen LogP contribution in [-0.2, 0) is 9.59 Å². The maximum absolute atomic E-state index is 12.3. The van der Waals surface area contributed by atoms with Gasteiger partial charge in [0.2, 0.25) is 5.91 Å². The highest BCUT2D eigenvalue weighted by Gasteiger charge is 2.33. The van der Waals surface area contributed by atoms with E-state index in [2.05, 4.69) is 12.2 Å². The Kier molecular flexibility index (Phi) is 4.93. The molecule has 0 aromatic heterocycles. The van der Waals surface area contributed by atoms with Crippen LogP contribution in [0.25, 0.3) is 0 Å². The summed E-state index contributed by atoms with van der Waals surface area (Å²) in [5.41, 5.74) is 0. The van der Waals surface area contributed by atoms with Crippen molar-refractivity contribution in [1.29, 1.82) is 0 Å². The van der Waals surface area contributed by atoms with Gasteiger partial charge in [-0.05, 0) is 26.3 Å². The lowest BCUT2D eigenvalue weighted by atomic mass is 9.96. The maximum Gasteiger partial charge on any atom is 0.305 e. The summed E-state index contributed by atoms with van der Waals surface area (Å²) in [6.45, 7) is 7.77. The molecular formula is C12H22N2O3. The molecule has 1 rings (SSSR count). The van der Waals surface area contributed by atoms with Crippen LogP contribution in [0.5, 0.6) is 0 Å². The molecule has 17 heavy (non-hydrogen) atoms. The van der Waals surface area contributed by atoms with Gasteiger partial charge in [0.05, 0.1) is 12.3 Å². The van der Waals surface area contributed by atoms with E-state index in [1.54, 1.807) is 4.90 Å². The summed E-state index contributed by atoms with van der Waals surface area (Å²) in [5.74, 6) is -0.459. The molecule has 1 aliphatic rings. The monoisotopic (exact) mass is 242 g/mol. The Morgan fingerprint density at radius 1 is 1.41 bits per heavy atom. The molecular weight excluding hydrogens is 220 g/mol. The molecule has 2 atom stereocenters. The molecule has 0 aromatic rings. The van der Waals surface area contributed by atoms with Gasteiger partial charge in [-0.1, -0.05) is 6.92 Å². The fourth-order valence-electron chi connectivity index (χ4n) is 2.19. The van der Waals surface area contributed by atoms with Crippen LogP contribution in [0.4, 0.5) is 0 Å². The zero-order valence-corrected chi connectivity index (χ0v) is 10.8. The first-order valence-electron chi connectivity index (χ1n) is 6.16. The van der Waals surface area contributed by atoms with Gasteiger partial charge < -0.3 is 15.3 Å². The normalized spacial score (nSPS) is 24.0. The van der Waals surface area contributed by atoms with Gasteiger partial charge in [0.15, 0.2) is 0 Å². The highest BCUT2D eigenvalue weighted by Crippen LogP contribution is 2.20. The van der Waals surface area contributed by atoms with Gasteiger partial charge in [0, 0.05) is 19.1 Å². The first kappa shape index (κ1) is 14.0. The van der Waals surface area contributed by atoms with Crippen LogP contribution in [0.1, 0.15) is 27.2 Å². The lowest BCUT2D eigenvalue weighted by molar-refractivity contribution is -0.141. The Labute approximate surface area is 102 Å². The standard InChI is InChI=1S/C12H22N2O3/c1-8(2)14(5-4-11(15)16)12(17)10-7-13-6-9(10)3/h8-10,13H,4-7H2,1-3H3,(H,15,16). The van der Waals surface area contributed by atoms with Crippen molar-refractivity contribution in [2.75, 3.05) is 19.6 Å². The summed E-state index contributed by atoms with van der Waals surface area (Å²) in [4.78, 5) is 24.6. The Bertz CT molecular complexity index is 291. The molecule has 1 saturated heterocycles. The average Bonchev–Trinajstić information content (AvgIpc) is 2.63. The predicted molar refractivity (Wildman–Crippen MR) is 64.6 cm³/mol. The van der Waals surface area contributed by atoms with Crippen molar-refractivity contribution in [3.63, 3.8) is 0 Å². The molecule has 1 amide bonds. The second-order valence-electron chi connectivity index (χ2n) is 5.01. The topological polar surface area (TPSA) is 69.6 Å². The molecule has 0 bridgehead atoms. The SMILES string of the molecule is CC1CNCC1C(=O)N(CCC(=O)O)C(C)C. The van der Waals surface area contributed by atoms with Gasteiger partial charge in [-0.25, -0.2) is 0 Å². The van der Waals surface area contributed by atoms with Gasteiger partial charge in [-0.15, -0.1) is 0 Å². The molecule has 0 aromatic carbocycles. The highest BCUT2D eigenvalue weighted by atomic mass is 16.4. The quantitative estimate of drug-likeness (QED) is 0.739. The van der Waals surface area contributed by atoms with Crippen molar-refractivity contribution in [3.05, 3.63) is 0 Å². The number of amides is 1. The van der Waals surface area contributed by atoms with Crippen molar-refractivity contribution in [1.82, 2.24) is 10.2 Å². The third-order valence-electron chi connectivity index (χ3n) is 3.31. The van der Waals surface area contributed by atoms with Crippen LogP contribution >= 0.6 is 0 Å². The minimum Gasteiger partial charge on any atom is -0.481 e. The molecule has 98 valence electrons. The first-order chi connectivity index (χ1) is 7.93. The molecule has 1 fully saturated rings. The second kappa shape index (κ2) is 6.00. The summed E-state index contributed by atoms with van der Waals surface area (Å²) in [5, 5.41) is 11.9. The molecule has 5 heteroatoms. The first-order valence-corrected chi connectivity index (χ1v) is 6.16. The van der Waals surface area contributed by atoms with Gasteiger partial charge in [0.25, 0.3) is 0 Å². The minimum absolute atomic E-state index is 0.00815. The lowest BCUT2D eigenvalue weighted by Gasteiger charge is -2.30. The van der Waals surface area contributed by atoms with Crippen molar-refractivity contribution in [2.24, 2.45) is 11.8 Å². The number of nitrogens with one attached hydrogen (secondary N) is 1. The van der Waals surface area contributed by atoms with Gasteiger partial charge in [-0.2, -0.15) is 0 Å². The van der Waals surface area contributed by atoms with Crippen LogP contribution in [0, 0.1) is 11.8 Å². The number of hydrogen-bond donors (Lipinski definition) is 2. The number of hydrogen-bond acceptors (Lipinski definition) is 3. The molecule has 2 N–H and O–H groups in total. The summed E-state index contributed by atoms with van der Waals surface area (Å²) in [6, 6.07) is 0.0506. The Hall–Kier alpha value is -1.10. The largest absolute Gasteiger partial charge is 0.481 e. The zero-order chi connectivity index (χ0) is 13.0. The van der Waals surface area contributed by atoms with E-state index in [-0.39, 0.29) is 24.3 Å². The number of carbonyl (C=O) groups excluding carboxylic acids is 1. The van der Waals surface area contributed by atoms with Crippen LogP contribution in [-0.4, -0.2) is 47.6 Å². The van der Waals surface area contributed by atoms with E-state index in [0.29, 0.717) is 19.0 Å². The molecule has 1 heterocycles. The highest BCUT2D eigenvalue weighted by molar-refractivity contribution is 5.80. The zero-order valence-electron chi connectivity index (χ0n) is 10.8. The van der Waals surface area contributed by atoms with Crippen molar-refractivity contribution >= 4 is 11.9 Å². The Morgan fingerprint density at radius 3 is 2.47 bits per heavy atom. The maximum atomic E-state index is 12.3. The molecule has 0 saturated carbocycles. The summed E-state index contributed by atoms with van der Waals surface area (Å²) < 4.78 is 0. The number of rotatable bonds is 5. The van der Waals surface area contributed by atoms with Gasteiger partial charge in [-0.3, -0.25) is 9.59 Å². The van der Waals surface area contributed by atoms with Crippen molar-refractivity contribution < 1.29 is 14.7 Å². The van der Waals surface area contributed by atoms with E-state index in [0.717, 1.165) is 6.54 Å². The predicted octanol–water partition coefficient (Wildman–Crippen LogP) is 0.554. The van der Waals surface area contributed by atoms with Gasteiger partial charge in [0.1, 0.15) is 0 Å². The van der Waals surface area contributed by atoms with E-state index in [4.69, 9.17) is 5.11 Å².